The number of piperidine rings is 1. The normalized spacial score (nSPS) is 25.3. The molecule has 1 saturated carbocycles. The number of likely N-dealkylation sites (tertiary alicyclic amines) is 1. The first kappa shape index (κ1) is 25.2. The number of carbonyl (C=O) groups excluding carboxylic acids is 2. The lowest BCUT2D eigenvalue weighted by atomic mass is 9.86. The zero-order valence-electron chi connectivity index (χ0n) is 20.3. The summed E-state index contributed by atoms with van der Waals surface area (Å²) in [6, 6.07) is 4.37. The predicted molar refractivity (Wildman–Crippen MR) is 125 cm³/mol. The Kier molecular flexibility index (Phi) is 7.81. The van der Waals surface area contributed by atoms with Gasteiger partial charge in [-0.15, -0.1) is 0 Å². The molecule has 1 aromatic carbocycles. The molecular formula is C25H32F2N4O4. The van der Waals surface area contributed by atoms with Crippen molar-refractivity contribution in [3.8, 4) is 11.3 Å². The molecule has 4 rings (SSSR count). The molecule has 2 fully saturated rings. The fourth-order valence-corrected chi connectivity index (χ4v) is 5.17. The van der Waals surface area contributed by atoms with Gasteiger partial charge in [0, 0.05) is 58.5 Å². The van der Waals surface area contributed by atoms with Crippen molar-refractivity contribution in [2.45, 2.75) is 50.3 Å². The Morgan fingerprint density at radius 3 is 2.71 bits per heavy atom. The van der Waals surface area contributed by atoms with Crippen LogP contribution < -0.4 is 5.32 Å². The van der Waals surface area contributed by atoms with E-state index in [1.54, 1.807) is 26.1 Å². The van der Waals surface area contributed by atoms with Crippen LogP contribution in [-0.4, -0.2) is 79.3 Å². The standard InChI is InChI=1S/C25H32F2N4O4/c1-30(2)25(33)19-14-31(16-5-4-6-17(12-16)34-3)10-9-21(19)28-24(32)22-13-23(35-29-22)18-8-7-15(26)11-20(18)27/h7-8,11,13,16-17,19,21H,4-6,9-10,12,14H2,1-3H3,(H,28,32)/t16?,17?,19-,21-/m1/s1. The molecule has 0 bridgehead atoms. The lowest BCUT2D eigenvalue weighted by Crippen LogP contribution is -2.58. The highest BCUT2D eigenvalue weighted by Gasteiger charge is 2.39. The van der Waals surface area contributed by atoms with E-state index in [1.165, 1.54) is 12.1 Å². The number of hydrogen-bond acceptors (Lipinski definition) is 6. The van der Waals surface area contributed by atoms with Crippen LogP contribution >= 0.6 is 0 Å². The minimum absolute atomic E-state index is 0.00812. The highest BCUT2D eigenvalue weighted by molar-refractivity contribution is 5.94. The first-order valence-electron chi connectivity index (χ1n) is 12.0. The number of amides is 2. The average molecular weight is 491 g/mol. The van der Waals surface area contributed by atoms with E-state index in [0.29, 0.717) is 19.0 Å². The van der Waals surface area contributed by atoms with Crippen LogP contribution in [0.5, 0.6) is 0 Å². The molecule has 1 aliphatic carbocycles. The van der Waals surface area contributed by atoms with E-state index in [9.17, 15) is 18.4 Å². The molecule has 2 aromatic rings. The van der Waals surface area contributed by atoms with Crippen molar-refractivity contribution in [2.24, 2.45) is 5.92 Å². The van der Waals surface area contributed by atoms with Gasteiger partial charge >= 0.3 is 0 Å². The Morgan fingerprint density at radius 1 is 1.20 bits per heavy atom. The number of methoxy groups -OCH3 is 1. The number of nitrogens with zero attached hydrogens (tertiary/aromatic N) is 3. The summed E-state index contributed by atoms with van der Waals surface area (Å²) in [6.45, 7) is 1.31. The number of hydrogen-bond donors (Lipinski definition) is 1. The van der Waals surface area contributed by atoms with Gasteiger partial charge in [-0.25, -0.2) is 8.78 Å². The third-order valence-electron chi connectivity index (χ3n) is 7.11. The van der Waals surface area contributed by atoms with Gasteiger partial charge in [-0.05, 0) is 44.2 Å². The fourth-order valence-electron chi connectivity index (χ4n) is 5.17. The molecule has 2 unspecified atom stereocenters. The molecule has 0 radical (unpaired) electrons. The maximum atomic E-state index is 14.1. The third-order valence-corrected chi connectivity index (χ3v) is 7.11. The van der Waals surface area contributed by atoms with Gasteiger partial charge in [0.2, 0.25) is 5.91 Å². The van der Waals surface area contributed by atoms with Crippen molar-refractivity contribution in [2.75, 3.05) is 34.3 Å². The first-order valence-corrected chi connectivity index (χ1v) is 12.0. The maximum Gasteiger partial charge on any atom is 0.273 e. The first-order chi connectivity index (χ1) is 16.8. The summed E-state index contributed by atoms with van der Waals surface area (Å²) in [5.41, 5.74) is -0.0220. The van der Waals surface area contributed by atoms with Crippen molar-refractivity contribution in [1.29, 1.82) is 0 Å². The van der Waals surface area contributed by atoms with Crippen LogP contribution in [0, 0.1) is 17.6 Å². The molecule has 8 nitrogen and oxygen atoms in total. The van der Waals surface area contributed by atoms with E-state index in [4.69, 9.17) is 9.26 Å². The van der Waals surface area contributed by atoms with Crippen LogP contribution in [0.2, 0.25) is 0 Å². The number of ether oxygens (including phenoxy) is 1. The Bertz CT molecular complexity index is 1060. The summed E-state index contributed by atoms with van der Waals surface area (Å²) in [5.74, 6) is -2.46. The zero-order chi connectivity index (χ0) is 25.1. The Balaban J connectivity index is 1.46. The topological polar surface area (TPSA) is 87.9 Å². The minimum atomic E-state index is -0.810. The zero-order valence-corrected chi connectivity index (χ0v) is 20.3. The van der Waals surface area contributed by atoms with Crippen LogP contribution in [0.4, 0.5) is 8.78 Å². The van der Waals surface area contributed by atoms with E-state index < -0.39 is 23.5 Å². The molecule has 1 saturated heterocycles. The summed E-state index contributed by atoms with van der Waals surface area (Å²) < 4.78 is 38.0. The number of aromatic nitrogens is 1. The molecule has 1 N–H and O–H groups in total. The van der Waals surface area contributed by atoms with Crippen LogP contribution in [0.15, 0.2) is 28.8 Å². The molecule has 35 heavy (non-hydrogen) atoms. The highest BCUT2D eigenvalue weighted by atomic mass is 19.1. The number of carbonyl (C=O) groups is 2. The van der Waals surface area contributed by atoms with Gasteiger partial charge in [0.25, 0.3) is 5.91 Å². The summed E-state index contributed by atoms with van der Waals surface area (Å²) in [5, 5.41) is 6.70. The maximum absolute atomic E-state index is 14.1. The lowest BCUT2D eigenvalue weighted by molar-refractivity contribution is -0.136. The average Bonchev–Trinajstić information content (AvgIpc) is 3.34. The van der Waals surface area contributed by atoms with E-state index in [1.807, 2.05) is 0 Å². The molecule has 1 aromatic heterocycles. The molecule has 2 amide bonds. The summed E-state index contributed by atoms with van der Waals surface area (Å²) >= 11 is 0. The molecule has 2 heterocycles. The Morgan fingerprint density at radius 2 is 2.00 bits per heavy atom. The summed E-state index contributed by atoms with van der Waals surface area (Å²) in [6.07, 6.45) is 5.01. The monoisotopic (exact) mass is 490 g/mol. The summed E-state index contributed by atoms with van der Waals surface area (Å²) in [4.78, 5) is 29.9. The van der Waals surface area contributed by atoms with Gasteiger partial charge in [0.05, 0.1) is 17.6 Å². The van der Waals surface area contributed by atoms with Crippen molar-refractivity contribution < 1.29 is 27.6 Å². The molecule has 0 spiro atoms. The quantitative estimate of drug-likeness (QED) is 0.670. The van der Waals surface area contributed by atoms with Crippen molar-refractivity contribution >= 4 is 11.8 Å². The van der Waals surface area contributed by atoms with E-state index in [2.05, 4.69) is 15.4 Å². The molecule has 190 valence electrons. The fraction of sp³-hybridized carbons (Fsp3) is 0.560. The van der Waals surface area contributed by atoms with Gasteiger partial charge in [-0.1, -0.05) is 5.16 Å². The van der Waals surface area contributed by atoms with Gasteiger partial charge < -0.3 is 19.5 Å². The number of nitrogens with one attached hydrogen (secondary N) is 1. The van der Waals surface area contributed by atoms with Gasteiger partial charge in [-0.2, -0.15) is 0 Å². The van der Waals surface area contributed by atoms with Crippen molar-refractivity contribution in [3.63, 3.8) is 0 Å². The lowest BCUT2D eigenvalue weighted by Gasteiger charge is -2.44. The summed E-state index contributed by atoms with van der Waals surface area (Å²) in [7, 11) is 5.17. The Labute approximate surface area is 203 Å². The molecule has 4 atom stereocenters. The van der Waals surface area contributed by atoms with Gasteiger partial charge in [0.1, 0.15) is 11.6 Å². The minimum Gasteiger partial charge on any atom is -0.381 e. The second kappa shape index (κ2) is 10.8. The molecule has 1 aliphatic heterocycles. The third kappa shape index (κ3) is 5.70. The second-order valence-corrected chi connectivity index (χ2v) is 9.58. The van der Waals surface area contributed by atoms with Crippen LogP contribution in [0.1, 0.15) is 42.6 Å². The van der Waals surface area contributed by atoms with E-state index in [0.717, 1.165) is 44.4 Å². The van der Waals surface area contributed by atoms with Crippen molar-refractivity contribution in [1.82, 2.24) is 20.3 Å². The molecule has 2 aliphatic rings. The van der Waals surface area contributed by atoms with E-state index in [-0.39, 0.29) is 35.1 Å². The SMILES string of the molecule is COC1CCCC(N2CC[C@@H](NC(=O)c3cc(-c4ccc(F)cc4F)on3)[C@H](C(=O)N(C)C)C2)C1. The number of halogens is 2. The Hall–Kier alpha value is -2.85. The number of benzene rings is 1. The largest absolute Gasteiger partial charge is 0.381 e. The second-order valence-electron chi connectivity index (χ2n) is 9.58. The van der Waals surface area contributed by atoms with E-state index >= 15 is 0 Å². The van der Waals surface area contributed by atoms with Crippen LogP contribution in [0.25, 0.3) is 11.3 Å². The number of rotatable bonds is 6. The molecular weight excluding hydrogens is 458 g/mol. The van der Waals surface area contributed by atoms with Crippen LogP contribution in [0.3, 0.4) is 0 Å². The van der Waals surface area contributed by atoms with Gasteiger partial charge in [0.15, 0.2) is 11.5 Å². The molecule has 10 heteroatoms. The van der Waals surface area contributed by atoms with Crippen LogP contribution in [-0.2, 0) is 9.53 Å². The van der Waals surface area contributed by atoms with Gasteiger partial charge in [-0.3, -0.25) is 14.5 Å². The smallest absolute Gasteiger partial charge is 0.273 e. The predicted octanol–water partition coefficient (Wildman–Crippen LogP) is 3.09. The van der Waals surface area contributed by atoms with Crippen molar-refractivity contribution in [3.05, 3.63) is 41.6 Å². The highest BCUT2D eigenvalue weighted by Crippen LogP contribution is 2.30.